The van der Waals surface area contributed by atoms with Gasteiger partial charge in [0.1, 0.15) is 0 Å². The molecule has 9 heteroatoms. The molecule has 1 aromatic rings. The number of Topliss-reactive ketones (excluding diaryl/α,β-unsaturated/α-hetero) is 1. The normalized spacial score (nSPS) is 9.53. The van der Waals surface area contributed by atoms with Crippen LogP contribution in [0.3, 0.4) is 0 Å². The number of rotatable bonds is 4. The van der Waals surface area contributed by atoms with Gasteiger partial charge in [-0.05, 0) is 6.92 Å². The monoisotopic (exact) mass is 259 g/mol. The second-order valence-corrected chi connectivity index (χ2v) is 3.24. The highest BCUT2D eigenvalue weighted by molar-refractivity contribution is 7.07. The quantitative estimate of drug-likeness (QED) is 0.271. The van der Waals surface area contributed by atoms with Gasteiger partial charge in [-0.3, -0.25) is 4.79 Å². The van der Waals surface area contributed by atoms with E-state index in [2.05, 4.69) is 14.1 Å². The number of ketones is 1. The van der Waals surface area contributed by atoms with E-state index in [1.165, 1.54) is 0 Å². The van der Waals surface area contributed by atoms with Crippen LogP contribution in [0, 0.1) is 5.41 Å². The van der Waals surface area contributed by atoms with E-state index in [0.29, 0.717) is 0 Å². The second-order valence-electron chi connectivity index (χ2n) is 2.53. The highest BCUT2D eigenvalue weighted by Crippen LogP contribution is 2.14. The minimum Gasteiger partial charge on any atom is -0.463 e. The van der Waals surface area contributed by atoms with Crippen molar-refractivity contribution in [1.82, 2.24) is 9.36 Å². The summed E-state index contributed by atoms with van der Waals surface area (Å²) >= 11 is 0.727. The molecule has 92 valence electrons. The van der Waals surface area contributed by atoms with Crippen molar-refractivity contribution in [1.29, 1.82) is 5.41 Å². The molecule has 1 rings (SSSR count). The number of esters is 1. The number of ether oxygens (including phenoxy) is 3. The second kappa shape index (κ2) is 5.89. The van der Waals surface area contributed by atoms with Crippen molar-refractivity contribution in [2.24, 2.45) is 0 Å². The number of carbonyl (C=O) groups excluding carboxylic acids is 2. The van der Waals surface area contributed by atoms with Crippen molar-refractivity contribution in [2.45, 2.75) is 6.92 Å². The molecule has 0 saturated carbocycles. The largest absolute Gasteiger partial charge is 0.463 e. The van der Waals surface area contributed by atoms with Crippen molar-refractivity contribution < 1.29 is 23.8 Å². The Hall–Kier alpha value is -2.03. The molecule has 0 bridgehead atoms. The molecule has 1 aromatic heterocycles. The molecule has 1 heterocycles. The number of aromatic nitrogens is 2. The molecular formula is C8H9N3O5S. The molecule has 8 nitrogen and oxygen atoms in total. The lowest BCUT2D eigenvalue weighted by Gasteiger charge is -2.01. The Morgan fingerprint density at radius 1 is 1.47 bits per heavy atom. The predicted octanol–water partition coefficient (Wildman–Crippen LogP) is 0.244. The number of hydrogen-bond acceptors (Lipinski definition) is 9. The third-order valence-electron chi connectivity index (χ3n) is 1.44. The van der Waals surface area contributed by atoms with Crippen LogP contribution >= 0.6 is 11.5 Å². The van der Waals surface area contributed by atoms with Gasteiger partial charge in [0.15, 0.2) is 0 Å². The van der Waals surface area contributed by atoms with Gasteiger partial charge in [-0.25, -0.2) is 10.2 Å². The van der Waals surface area contributed by atoms with Crippen LogP contribution in [0.25, 0.3) is 0 Å². The summed E-state index contributed by atoms with van der Waals surface area (Å²) in [5, 5.41) is 7.12. The summed E-state index contributed by atoms with van der Waals surface area (Å²) in [5.74, 6) is -2.36. The zero-order chi connectivity index (χ0) is 12.8. The van der Waals surface area contributed by atoms with E-state index in [1.807, 2.05) is 0 Å². The van der Waals surface area contributed by atoms with E-state index >= 15 is 0 Å². The molecule has 17 heavy (non-hydrogen) atoms. The molecule has 0 aliphatic rings. The van der Waals surface area contributed by atoms with Crippen LogP contribution in [0.1, 0.15) is 17.5 Å². The molecule has 0 aromatic carbocycles. The van der Waals surface area contributed by atoms with Gasteiger partial charge >= 0.3 is 23.0 Å². The van der Waals surface area contributed by atoms with Crippen molar-refractivity contribution >= 4 is 29.4 Å². The Kier molecular flexibility index (Phi) is 4.52. The van der Waals surface area contributed by atoms with Crippen LogP contribution in [0.5, 0.6) is 5.19 Å². The third kappa shape index (κ3) is 3.48. The molecule has 0 atom stereocenters. The minimum atomic E-state index is -1.06. The lowest BCUT2D eigenvalue weighted by atomic mass is 10.4. The number of methoxy groups -OCH3 is 1. The van der Waals surface area contributed by atoms with Crippen molar-refractivity contribution in [2.75, 3.05) is 13.7 Å². The number of hydrogen-bond donors (Lipinski definition) is 1. The summed E-state index contributed by atoms with van der Waals surface area (Å²) in [6.07, 6.45) is -0.458. The van der Waals surface area contributed by atoms with Gasteiger partial charge in [0.05, 0.1) is 13.7 Å². The Balaban J connectivity index is 2.68. The van der Waals surface area contributed by atoms with Gasteiger partial charge in [-0.15, -0.1) is 0 Å². The molecule has 0 spiro atoms. The first-order valence-electron chi connectivity index (χ1n) is 4.44. The Morgan fingerprint density at radius 2 is 2.18 bits per heavy atom. The van der Waals surface area contributed by atoms with E-state index in [1.54, 1.807) is 6.92 Å². The first-order valence-corrected chi connectivity index (χ1v) is 5.21. The number of nitrogens with one attached hydrogen (secondary N) is 1. The molecule has 1 N–H and O–H groups in total. The van der Waals surface area contributed by atoms with Crippen molar-refractivity contribution in [3.05, 3.63) is 5.82 Å². The third-order valence-corrected chi connectivity index (χ3v) is 2.03. The van der Waals surface area contributed by atoms with Crippen LogP contribution < -0.4 is 4.74 Å². The first-order chi connectivity index (χ1) is 8.08. The maximum Gasteiger partial charge on any atom is 0.388 e. The fraction of sp³-hybridized carbons (Fsp3) is 0.375. The summed E-state index contributed by atoms with van der Waals surface area (Å²) in [5.41, 5.74) is 0. The molecule has 0 aliphatic carbocycles. The van der Waals surface area contributed by atoms with E-state index < -0.39 is 17.8 Å². The highest BCUT2D eigenvalue weighted by atomic mass is 32.1. The maximum atomic E-state index is 11.3. The zero-order valence-electron chi connectivity index (χ0n) is 9.05. The highest BCUT2D eigenvalue weighted by Gasteiger charge is 2.22. The average molecular weight is 259 g/mol. The number of nitrogens with zero attached hydrogens (tertiary/aromatic N) is 2. The molecule has 0 saturated heterocycles. The van der Waals surface area contributed by atoms with E-state index in [4.69, 9.17) is 14.9 Å². The molecule has 0 fully saturated rings. The summed E-state index contributed by atoms with van der Waals surface area (Å²) < 4.78 is 17.3. The lowest BCUT2D eigenvalue weighted by molar-refractivity contribution is -0.135. The molecule has 0 amide bonds. The van der Waals surface area contributed by atoms with Gasteiger partial charge in [0.25, 0.3) is 0 Å². The molecule has 0 unspecified atom stereocenters. The molecule has 0 radical (unpaired) electrons. The Bertz CT molecular complexity index is 444. The van der Waals surface area contributed by atoms with Gasteiger partial charge in [-0.2, -0.15) is 9.36 Å². The van der Waals surface area contributed by atoms with Crippen LogP contribution in [0.4, 0.5) is 0 Å². The molecule has 0 aliphatic heterocycles. The van der Waals surface area contributed by atoms with Crippen LogP contribution in [-0.2, 0) is 14.3 Å². The predicted molar refractivity (Wildman–Crippen MR) is 56.2 cm³/mol. The van der Waals surface area contributed by atoms with Crippen LogP contribution in [0.2, 0.25) is 0 Å². The fourth-order valence-corrected chi connectivity index (χ4v) is 1.30. The van der Waals surface area contributed by atoms with Gasteiger partial charge in [0.2, 0.25) is 5.82 Å². The SMILES string of the molecule is CCOC(=N)Oc1nc(C(=O)C(=O)OC)ns1. The van der Waals surface area contributed by atoms with E-state index in [9.17, 15) is 9.59 Å². The van der Waals surface area contributed by atoms with Crippen molar-refractivity contribution in [3.63, 3.8) is 0 Å². The smallest absolute Gasteiger partial charge is 0.388 e. The van der Waals surface area contributed by atoms with E-state index in [-0.39, 0.29) is 17.6 Å². The topological polar surface area (TPSA) is 111 Å². The van der Waals surface area contributed by atoms with Crippen LogP contribution in [0.15, 0.2) is 0 Å². The van der Waals surface area contributed by atoms with Gasteiger partial charge in [0, 0.05) is 11.5 Å². The summed E-state index contributed by atoms with van der Waals surface area (Å²) in [6, 6.07) is 0. The zero-order valence-corrected chi connectivity index (χ0v) is 9.87. The maximum absolute atomic E-state index is 11.3. The lowest BCUT2D eigenvalue weighted by Crippen LogP contribution is -2.17. The van der Waals surface area contributed by atoms with Gasteiger partial charge in [-0.1, -0.05) is 0 Å². The first kappa shape index (κ1) is 13.0. The number of carbonyl (C=O) groups is 2. The Morgan fingerprint density at radius 3 is 2.76 bits per heavy atom. The van der Waals surface area contributed by atoms with Gasteiger partial charge < -0.3 is 14.2 Å². The van der Waals surface area contributed by atoms with Crippen LogP contribution in [-0.4, -0.2) is 40.9 Å². The standard InChI is InChI=1S/C8H9N3O5S/c1-3-15-7(9)16-8-10-5(11-17-8)4(12)6(13)14-2/h9H,3H2,1-2H3. The minimum absolute atomic E-state index is 0.0595. The summed E-state index contributed by atoms with van der Waals surface area (Å²) in [4.78, 5) is 25.8. The fourth-order valence-electron chi connectivity index (χ4n) is 0.767. The Labute approximate surface area is 100 Å². The summed E-state index contributed by atoms with van der Waals surface area (Å²) in [6.45, 7) is 1.95. The van der Waals surface area contributed by atoms with Crippen molar-refractivity contribution in [3.8, 4) is 5.19 Å². The molecular weight excluding hydrogens is 250 g/mol. The average Bonchev–Trinajstić information content (AvgIpc) is 2.75. The summed E-state index contributed by atoms with van der Waals surface area (Å²) in [7, 11) is 1.08. The van der Waals surface area contributed by atoms with E-state index in [0.717, 1.165) is 18.6 Å².